The van der Waals surface area contributed by atoms with E-state index >= 15 is 0 Å². The predicted molar refractivity (Wildman–Crippen MR) is 85.0 cm³/mol. The summed E-state index contributed by atoms with van der Waals surface area (Å²) < 4.78 is 5.73. The van der Waals surface area contributed by atoms with Gasteiger partial charge in [0.25, 0.3) is 0 Å². The minimum absolute atomic E-state index is 0.436. The molecular weight excluding hydrogens is 266 g/mol. The maximum Gasteiger partial charge on any atom is 0.323 e. The molecule has 0 aliphatic heterocycles. The van der Waals surface area contributed by atoms with Gasteiger partial charge < -0.3 is 15.0 Å². The third-order valence-corrected chi connectivity index (χ3v) is 3.64. The van der Waals surface area contributed by atoms with Gasteiger partial charge >= 0.3 is 6.01 Å². The Labute approximate surface area is 127 Å². The molecule has 2 rings (SSSR count). The average Bonchev–Trinajstić information content (AvgIpc) is 3.31. The highest BCUT2D eigenvalue weighted by Crippen LogP contribution is 2.32. The van der Waals surface area contributed by atoms with Gasteiger partial charge in [0.15, 0.2) is 0 Å². The van der Waals surface area contributed by atoms with E-state index in [1.165, 1.54) is 12.8 Å². The number of nitrogens with zero attached hydrogens (tertiary/aromatic N) is 4. The summed E-state index contributed by atoms with van der Waals surface area (Å²) in [5, 5.41) is 3.22. The molecule has 1 fully saturated rings. The molecular formula is C15H27N5O. The van der Waals surface area contributed by atoms with E-state index in [0.29, 0.717) is 24.5 Å². The number of rotatable bonds is 10. The molecule has 1 saturated carbocycles. The second kappa shape index (κ2) is 8.00. The highest BCUT2D eigenvalue weighted by molar-refractivity contribution is 5.38. The largest absolute Gasteiger partial charge is 0.463 e. The van der Waals surface area contributed by atoms with Crippen LogP contribution in [0.2, 0.25) is 0 Å². The number of aromatic nitrogens is 3. The van der Waals surface area contributed by atoms with Gasteiger partial charge in [-0.2, -0.15) is 15.0 Å². The van der Waals surface area contributed by atoms with Crippen LogP contribution in [0.1, 0.15) is 46.5 Å². The lowest BCUT2D eigenvalue weighted by Crippen LogP contribution is -2.25. The summed E-state index contributed by atoms with van der Waals surface area (Å²) in [5.74, 6) is 2.15. The van der Waals surface area contributed by atoms with Crippen LogP contribution in [0.4, 0.5) is 11.9 Å². The molecule has 0 saturated heterocycles. The van der Waals surface area contributed by atoms with Crippen LogP contribution in [-0.2, 0) is 0 Å². The van der Waals surface area contributed by atoms with Gasteiger partial charge in [0.05, 0.1) is 6.61 Å². The highest BCUT2D eigenvalue weighted by atomic mass is 16.5. The standard InChI is InChI=1S/C15H27N5O/c1-4-10-16-13-17-14(20(5-2)6-3)19-15(18-13)21-11-9-12-7-8-12/h12H,4-11H2,1-3H3,(H,16,17,18,19). The van der Waals surface area contributed by atoms with Crippen LogP contribution in [0.25, 0.3) is 0 Å². The first-order valence-corrected chi connectivity index (χ1v) is 8.14. The predicted octanol–water partition coefficient (Wildman–Crippen LogP) is 2.72. The van der Waals surface area contributed by atoms with Crippen molar-refractivity contribution in [2.24, 2.45) is 5.92 Å². The fourth-order valence-corrected chi connectivity index (χ4v) is 2.10. The molecule has 0 unspecified atom stereocenters. The molecule has 6 heteroatoms. The van der Waals surface area contributed by atoms with Gasteiger partial charge in [-0.15, -0.1) is 0 Å². The molecule has 1 aromatic heterocycles. The van der Waals surface area contributed by atoms with Crippen molar-refractivity contribution in [3.8, 4) is 6.01 Å². The van der Waals surface area contributed by atoms with Crippen LogP contribution in [-0.4, -0.2) is 41.2 Å². The molecule has 21 heavy (non-hydrogen) atoms. The molecule has 0 bridgehead atoms. The van der Waals surface area contributed by atoms with E-state index in [9.17, 15) is 0 Å². The molecule has 0 atom stereocenters. The van der Waals surface area contributed by atoms with Crippen molar-refractivity contribution in [3.63, 3.8) is 0 Å². The maximum atomic E-state index is 5.73. The Hall–Kier alpha value is -1.59. The minimum atomic E-state index is 0.436. The maximum absolute atomic E-state index is 5.73. The van der Waals surface area contributed by atoms with Crippen molar-refractivity contribution in [2.45, 2.75) is 46.5 Å². The van der Waals surface area contributed by atoms with Crippen molar-refractivity contribution >= 4 is 11.9 Å². The molecule has 0 radical (unpaired) electrons. The van der Waals surface area contributed by atoms with Gasteiger partial charge in [0, 0.05) is 19.6 Å². The van der Waals surface area contributed by atoms with Crippen molar-refractivity contribution in [1.29, 1.82) is 0 Å². The van der Waals surface area contributed by atoms with Gasteiger partial charge in [0.1, 0.15) is 0 Å². The number of nitrogens with one attached hydrogen (secondary N) is 1. The first kappa shape index (κ1) is 15.8. The van der Waals surface area contributed by atoms with Crippen LogP contribution in [0.3, 0.4) is 0 Å². The molecule has 6 nitrogen and oxygen atoms in total. The third-order valence-electron chi connectivity index (χ3n) is 3.64. The number of anilines is 2. The van der Waals surface area contributed by atoms with Crippen molar-refractivity contribution in [1.82, 2.24) is 15.0 Å². The first-order chi connectivity index (χ1) is 10.3. The van der Waals surface area contributed by atoms with Crippen LogP contribution < -0.4 is 15.0 Å². The number of hydrogen-bond donors (Lipinski definition) is 1. The number of ether oxygens (including phenoxy) is 1. The molecule has 0 aromatic carbocycles. The summed E-state index contributed by atoms with van der Waals surface area (Å²) in [6.07, 6.45) is 4.82. The Morgan fingerprint density at radius 3 is 2.52 bits per heavy atom. The lowest BCUT2D eigenvalue weighted by atomic mass is 10.3. The molecule has 0 amide bonds. The van der Waals surface area contributed by atoms with Gasteiger partial charge in [-0.3, -0.25) is 0 Å². The van der Waals surface area contributed by atoms with Crippen LogP contribution in [0.15, 0.2) is 0 Å². The fourth-order valence-electron chi connectivity index (χ4n) is 2.10. The quantitative estimate of drug-likeness (QED) is 0.715. The van der Waals surface area contributed by atoms with E-state index in [1.807, 2.05) is 0 Å². The summed E-state index contributed by atoms with van der Waals surface area (Å²) in [6.45, 7) is 9.60. The lowest BCUT2D eigenvalue weighted by molar-refractivity contribution is 0.279. The minimum Gasteiger partial charge on any atom is -0.463 e. The molecule has 1 N–H and O–H groups in total. The summed E-state index contributed by atoms with van der Waals surface area (Å²) >= 11 is 0. The first-order valence-electron chi connectivity index (χ1n) is 8.14. The number of hydrogen-bond acceptors (Lipinski definition) is 6. The Morgan fingerprint density at radius 1 is 1.14 bits per heavy atom. The molecule has 1 heterocycles. The Kier molecular flexibility index (Phi) is 6.02. The van der Waals surface area contributed by atoms with E-state index in [1.54, 1.807) is 0 Å². The third kappa shape index (κ3) is 5.02. The Bertz CT molecular complexity index is 432. The van der Waals surface area contributed by atoms with Gasteiger partial charge in [-0.1, -0.05) is 19.8 Å². The molecule has 0 spiro atoms. The van der Waals surface area contributed by atoms with Crippen molar-refractivity contribution < 1.29 is 4.74 Å². The summed E-state index contributed by atoms with van der Waals surface area (Å²) in [4.78, 5) is 15.4. The van der Waals surface area contributed by atoms with E-state index in [0.717, 1.165) is 38.4 Å². The van der Waals surface area contributed by atoms with Crippen LogP contribution in [0, 0.1) is 5.92 Å². The van der Waals surface area contributed by atoms with Gasteiger partial charge in [-0.25, -0.2) is 0 Å². The van der Waals surface area contributed by atoms with E-state index in [4.69, 9.17) is 4.74 Å². The SMILES string of the molecule is CCCNc1nc(OCCC2CC2)nc(N(CC)CC)n1. The van der Waals surface area contributed by atoms with E-state index < -0.39 is 0 Å². The summed E-state index contributed by atoms with van der Waals surface area (Å²) in [7, 11) is 0. The van der Waals surface area contributed by atoms with E-state index in [-0.39, 0.29) is 0 Å². The van der Waals surface area contributed by atoms with Gasteiger partial charge in [-0.05, 0) is 32.6 Å². The van der Waals surface area contributed by atoms with Crippen LogP contribution in [0.5, 0.6) is 6.01 Å². The highest BCUT2D eigenvalue weighted by Gasteiger charge is 2.21. The topological polar surface area (TPSA) is 63.2 Å². The second-order valence-electron chi connectivity index (χ2n) is 5.42. The molecule has 118 valence electrons. The zero-order valence-electron chi connectivity index (χ0n) is 13.4. The van der Waals surface area contributed by atoms with Crippen molar-refractivity contribution in [3.05, 3.63) is 0 Å². The average molecular weight is 293 g/mol. The molecule has 1 aliphatic carbocycles. The van der Waals surface area contributed by atoms with Crippen LogP contribution >= 0.6 is 0 Å². The zero-order chi connectivity index (χ0) is 15.1. The van der Waals surface area contributed by atoms with Crippen molar-refractivity contribution in [2.75, 3.05) is 36.5 Å². The monoisotopic (exact) mass is 293 g/mol. The smallest absolute Gasteiger partial charge is 0.323 e. The fraction of sp³-hybridized carbons (Fsp3) is 0.800. The normalized spacial score (nSPS) is 14.0. The molecule has 1 aliphatic rings. The second-order valence-corrected chi connectivity index (χ2v) is 5.42. The van der Waals surface area contributed by atoms with Gasteiger partial charge in [0.2, 0.25) is 11.9 Å². The zero-order valence-corrected chi connectivity index (χ0v) is 13.4. The lowest BCUT2D eigenvalue weighted by Gasteiger charge is -2.19. The van der Waals surface area contributed by atoms with E-state index in [2.05, 4.69) is 45.9 Å². The Balaban J connectivity index is 2.05. The Morgan fingerprint density at radius 2 is 1.90 bits per heavy atom. The molecule has 1 aromatic rings. The summed E-state index contributed by atoms with van der Waals surface area (Å²) in [5.41, 5.74) is 0. The summed E-state index contributed by atoms with van der Waals surface area (Å²) in [6, 6.07) is 0.436.